The fraction of sp³-hybridized carbons (Fsp3) is 0.259. The predicted molar refractivity (Wildman–Crippen MR) is 133 cm³/mol. The van der Waals surface area contributed by atoms with Crippen molar-refractivity contribution in [3.8, 4) is 11.4 Å². The zero-order valence-corrected chi connectivity index (χ0v) is 20.3. The summed E-state index contributed by atoms with van der Waals surface area (Å²) in [5.74, 6) is -1.32. The summed E-state index contributed by atoms with van der Waals surface area (Å²) in [5.41, 5.74) is 1.62. The molecule has 1 aliphatic rings. The van der Waals surface area contributed by atoms with Gasteiger partial charge in [0.25, 0.3) is 5.91 Å². The van der Waals surface area contributed by atoms with Crippen molar-refractivity contribution in [2.45, 2.75) is 25.4 Å². The van der Waals surface area contributed by atoms with E-state index in [4.69, 9.17) is 0 Å². The fourth-order valence-corrected chi connectivity index (χ4v) is 4.60. The lowest BCUT2D eigenvalue weighted by atomic mass is 9.87. The molecule has 2 aromatic carbocycles. The van der Waals surface area contributed by atoms with Crippen LogP contribution in [0, 0.1) is 5.92 Å². The Morgan fingerprint density at radius 1 is 0.947 bits per heavy atom. The standard InChI is InChI=1S/C27H25F3N6O2/c28-27(29,30)24-22(17-35(34-24)20-7-3-1-4-8-20)26(38)32-14-13-31-25(37)18-11-12-23-19(15-18)16-33-36(23)21-9-5-2-6-10-21/h1-10,16-18H,11-15H2,(H,31,37)(H,32,38). The topological polar surface area (TPSA) is 93.8 Å². The van der Waals surface area contributed by atoms with Crippen LogP contribution in [0.3, 0.4) is 0 Å². The molecule has 1 unspecified atom stereocenters. The first-order valence-electron chi connectivity index (χ1n) is 12.2. The van der Waals surface area contributed by atoms with Crippen LogP contribution >= 0.6 is 0 Å². The van der Waals surface area contributed by atoms with Gasteiger partial charge in [-0.2, -0.15) is 23.4 Å². The molecule has 38 heavy (non-hydrogen) atoms. The molecule has 0 aliphatic heterocycles. The van der Waals surface area contributed by atoms with Gasteiger partial charge >= 0.3 is 6.18 Å². The Bertz CT molecular complexity index is 1430. The molecular weight excluding hydrogens is 497 g/mol. The minimum Gasteiger partial charge on any atom is -0.354 e. The largest absolute Gasteiger partial charge is 0.435 e. The summed E-state index contributed by atoms with van der Waals surface area (Å²) >= 11 is 0. The molecule has 11 heteroatoms. The number of carbonyl (C=O) groups excluding carboxylic acids is 2. The van der Waals surface area contributed by atoms with Crippen LogP contribution < -0.4 is 10.6 Å². The van der Waals surface area contributed by atoms with E-state index in [1.54, 1.807) is 36.5 Å². The van der Waals surface area contributed by atoms with E-state index < -0.39 is 23.3 Å². The van der Waals surface area contributed by atoms with Gasteiger partial charge in [-0.05, 0) is 49.1 Å². The normalized spacial score (nSPS) is 15.1. The molecule has 2 heterocycles. The second kappa shape index (κ2) is 10.5. The summed E-state index contributed by atoms with van der Waals surface area (Å²) < 4.78 is 43.5. The molecule has 0 saturated carbocycles. The number of rotatable bonds is 7. The highest BCUT2D eigenvalue weighted by Gasteiger charge is 2.39. The fourth-order valence-electron chi connectivity index (χ4n) is 4.60. The third-order valence-corrected chi connectivity index (χ3v) is 6.48. The van der Waals surface area contributed by atoms with E-state index in [1.807, 2.05) is 35.0 Å². The summed E-state index contributed by atoms with van der Waals surface area (Å²) in [7, 11) is 0. The number of amides is 2. The number of hydrogen-bond donors (Lipinski definition) is 2. The Balaban J connectivity index is 1.16. The van der Waals surface area contributed by atoms with Gasteiger partial charge in [-0.25, -0.2) is 9.36 Å². The predicted octanol–water partition coefficient (Wildman–Crippen LogP) is 3.73. The highest BCUT2D eigenvalue weighted by molar-refractivity contribution is 5.95. The van der Waals surface area contributed by atoms with Crippen LogP contribution in [0.1, 0.15) is 33.7 Å². The highest BCUT2D eigenvalue weighted by Crippen LogP contribution is 2.31. The molecule has 2 N–H and O–H groups in total. The highest BCUT2D eigenvalue weighted by atomic mass is 19.4. The van der Waals surface area contributed by atoms with E-state index in [9.17, 15) is 22.8 Å². The Labute approximate surface area is 216 Å². The zero-order chi connectivity index (χ0) is 26.7. The number of nitrogens with one attached hydrogen (secondary N) is 2. The van der Waals surface area contributed by atoms with Crippen LogP contribution in [-0.4, -0.2) is 44.5 Å². The number of alkyl halides is 3. The quantitative estimate of drug-likeness (QED) is 0.362. The van der Waals surface area contributed by atoms with Gasteiger partial charge in [0.2, 0.25) is 5.91 Å². The number of fused-ring (bicyclic) bond motifs is 1. The third-order valence-electron chi connectivity index (χ3n) is 6.48. The van der Waals surface area contributed by atoms with Crippen molar-refractivity contribution in [3.05, 3.63) is 95.6 Å². The Hall–Kier alpha value is -4.41. The van der Waals surface area contributed by atoms with Crippen molar-refractivity contribution in [1.82, 2.24) is 30.2 Å². The molecule has 5 rings (SSSR count). The van der Waals surface area contributed by atoms with Crippen molar-refractivity contribution in [3.63, 3.8) is 0 Å². The molecule has 0 spiro atoms. The molecule has 8 nitrogen and oxygen atoms in total. The SMILES string of the molecule is O=C(NCCNC(=O)C1CCc2c(cnn2-c2ccccc2)C1)c1cn(-c2ccccc2)nc1C(F)(F)F. The van der Waals surface area contributed by atoms with Gasteiger partial charge in [0.15, 0.2) is 5.69 Å². The second-order valence-corrected chi connectivity index (χ2v) is 9.02. The van der Waals surface area contributed by atoms with Gasteiger partial charge in [-0.1, -0.05) is 36.4 Å². The molecule has 4 aromatic rings. The molecule has 2 amide bonds. The van der Waals surface area contributed by atoms with Gasteiger partial charge in [-0.15, -0.1) is 0 Å². The van der Waals surface area contributed by atoms with Crippen LogP contribution in [0.15, 0.2) is 73.1 Å². The summed E-state index contributed by atoms with van der Waals surface area (Å²) in [6, 6.07) is 18.0. The first-order valence-corrected chi connectivity index (χ1v) is 12.2. The maximum absolute atomic E-state index is 13.5. The zero-order valence-electron chi connectivity index (χ0n) is 20.3. The van der Waals surface area contributed by atoms with Gasteiger partial charge in [0, 0.05) is 30.9 Å². The maximum atomic E-state index is 13.5. The molecule has 1 aliphatic carbocycles. The number of para-hydroxylation sites is 2. The monoisotopic (exact) mass is 522 g/mol. The molecule has 0 bridgehead atoms. The molecule has 0 radical (unpaired) electrons. The lowest BCUT2D eigenvalue weighted by Gasteiger charge is -2.22. The van der Waals surface area contributed by atoms with Gasteiger partial charge < -0.3 is 10.6 Å². The minimum atomic E-state index is -4.80. The summed E-state index contributed by atoms with van der Waals surface area (Å²) in [6.07, 6.45) is -0.0534. The molecule has 1 atom stereocenters. The van der Waals surface area contributed by atoms with Crippen LogP contribution in [-0.2, 0) is 23.8 Å². The average molecular weight is 523 g/mol. The van der Waals surface area contributed by atoms with Crippen LogP contribution in [0.2, 0.25) is 0 Å². The van der Waals surface area contributed by atoms with Crippen molar-refractivity contribution in [2.75, 3.05) is 13.1 Å². The Morgan fingerprint density at radius 2 is 1.61 bits per heavy atom. The molecule has 196 valence electrons. The van der Waals surface area contributed by atoms with Crippen LogP contribution in [0.4, 0.5) is 13.2 Å². The Morgan fingerprint density at radius 3 is 2.29 bits per heavy atom. The second-order valence-electron chi connectivity index (χ2n) is 9.02. The van der Waals surface area contributed by atoms with Crippen molar-refractivity contribution >= 4 is 11.8 Å². The number of aromatic nitrogens is 4. The maximum Gasteiger partial charge on any atom is 0.435 e. The number of hydrogen-bond acceptors (Lipinski definition) is 4. The summed E-state index contributed by atoms with van der Waals surface area (Å²) in [4.78, 5) is 25.3. The van der Waals surface area contributed by atoms with E-state index in [2.05, 4.69) is 20.8 Å². The van der Waals surface area contributed by atoms with Gasteiger partial charge in [-0.3, -0.25) is 9.59 Å². The molecule has 0 fully saturated rings. The number of benzene rings is 2. The number of nitrogens with zero attached hydrogens (tertiary/aromatic N) is 4. The van der Waals surface area contributed by atoms with E-state index >= 15 is 0 Å². The number of halogens is 3. The van der Waals surface area contributed by atoms with Gasteiger partial charge in [0.05, 0.1) is 23.1 Å². The number of carbonyl (C=O) groups is 2. The first kappa shape index (κ1) is 25.2. The van der Waals surface area contributed by atoms with E-state index in [0.717, 1.165) is 27.8 Å². The first-order chi connectivity index (χ1) is 18.3. The third kappa shape index (κ3) is 5.31. The minimum absolute atomic E-state index is 0.0255. The van der Waals surface area contributed by atoms with Crippen molar-refractivity contribution in [2.24, 2.45) is 5.92 Å². The molecule has 2 aromatic heterocycles. The Kier molecular flexibility index (Phi) is 6.99. The van der Waals surface area contributed by atoms with E-state index in [0.29, 0.717) is 24.9 Å². The lowest BCUT2D eigenvalue weighted by molar-refractivity contribution is -0.141. The van der Waals surface area contributed by atoms with E-state index in [1.165, 1.54) is 0 Å². The van der Waals surface area contributed by atoms with Crippen LogP contribution in [0.5, 0.6) is 0 Å². The summed E-state index contributed by atoms with van der Waals surface area (Å²) in [5, 5.41) is 13.3. The molecule has 0 saturated heterocycles. The summed E-state index contributed by atoms with van der Waals surface area (Å²) in [6.45, 7) is 0.0632. The molecular formula is C27H25F3N6O2. The average Bonchev–Trinajstić information content (AvgIpc) is 3.57. The van der Waals surface area contributed by atoms with Gasteiger partial charge in [0.1, 0.15) is 0 Å². The van der Waals surface area contributed by atoms with Crippen molar-refractivity contribution in [1.29, 1.82) is 0 Å². The van der Waals surface area contributed by atoms with Crippen LogP contribution in [0.25, 0.3) is 11.4 Å². The lowest BCUT2D eigenvalue weighted by Crippen LogP contribution is -2.39. The smallest absolute Gasteiger partial charge is 0.354 e. The van der Waals surface area contributed by atoms with Crippen molar-refractivity contribution < 1.29 is 22.8 Å². The van der Waals surface area contributed by atoms with E-state index in [-0.39, 0.29) is 24.9 Å².